The van der Waals surface area contributed by atoms with Crippen molar-refractivity contribution in [3.05, 3.63) is 42.5 Å². The number of nitrogens with two attached hydrogens (primary N) is 1. The van der Waals surface area contributed by atoms with E-state index in [1.165, 1.54) is 21.8 Å². The number of hydrogen-bond acceptors (Lipinski definition) is 2. The van der Waals surface area contributed by atoms with Crippen LogP contribution >= 0.6 is 0 Å². The molecule has 0 aliphatic rings. The van der Waals surface area contributed by atoms with Crippen molar-refractivity contribution in [1.29, 1.82) is 0 Å². The van der Waals surface area contributed by atoms with Crippen LogP contribution in [0.3, 0.4) is 0 Å². The number of anilines is 1. The summed E-state index contributed by atoms with van der Waals surface area (Å²) in [6.07, 6.45) is 0. The Hall–Kier alpha value is -2.00. The average Bonchev–Trinajstić information content (AvgIpc) is 2.82. The normalized spacial score (nSPS) is 11.8. The monoisotopic (exact) mass is 281 g/mol. The van der Waals surface area contributed by atoms with Crippen molar-refractivity contribution < 1.29 is 0 Å². The predicted octanol–water partition coefficient (Wildman–Crippen LogP) is 3.72. The Kier molecular flexibility index (Phi) is 3.84. The van der Waals surface area contributed by atoms with Crippen molar-refractivity contribution in [3.8, 4) is 0 Å². The summed E-state index contributed by atoms with van der Waals surface area (Å²) in [7, 11) is 0. The molecule has 0 saturated carbocycles. The first-order chi connectivity index (χ1) is 10.2. The van der Waals surface area contributed by atoms with Gasteiger partial charge < -0.3 is 15.2 Å². The second-order valence-corrected chi connectivity index (χ2v) is 5.47. The first-order valence-electron chi connectivity index (χ1n) is 7.73. The van der Waals surface area contributed by atoms with Gasteiger partial charge in [0.25, 0.3) is 0 Å². The molecular weight excluding hydrogens is 258 g/mol. The van der Waals surface area contributed by atoms with E-state index in [2.05, 4.69) is 59.7 Å². The Balaban J connectivity index is 2.10. The fraction of sp³-hybridized carbons (Fsp3) is 0.333. The number of nitrogen functional groups attached to an aromatic ring is 1. The van der Waals surface area contributed by atoms with Crippen LogP contribution in [0.5, 0.6) is 0 Å². The van der Waals surface area contributed by atoms with Gasteiger partial charge in [0.2, 0.25) is 0 Å². The van der Waals surface area contributed by atoms with Crippen LogP contribution in [0.4, 0.5) is 5.69 Å². The highest BCUT2D eigenvalue weighted by atomic mass is 15.1. The molecule has 2 N–H and O–H groups in total. The second-order valence-electron chi connectivity index (χ2n) is 5.47. The van der Waals surface area contributed by atoms with Crippen LogP contribution in [0.15, 0.2) is 42.5 Å². The maximum atomic E-state index is 5.97. The largest absolute Gasteiger partial charge is 0.399 e. The molecule has 0 fully saturated rings. The SMILES string of the molecule is CCN(CC)CCn1c2ccccc2c2cc(N)ccc21. The molecule has 0 amide bonds. The van der Waals surface area contributed by atoms with Crippen molar-refractivity contribution in [2.45, 2.75) is 20.4 Å². The van der Waals surface area contributed by atoms with E-state index < -0.39 is 0 Å². The Labute approximate surface area is 126 Å². The molecule has 0 bridgehead atoms. The number of likely N-dealkylation sites (N-methyl/N-ethyl adjacent to an activating group) is 1. The highest BCUT2D eigenvalue weighted by Gasteiger charge is 2.11. The van der Waals surface area contributed by atoms with Gasteiger partial charge >= 0.3 is 0 Å². The molecule has 0 aliphatic heterocycles. The number of nitrogens with zero attached hydrogens (tertiary/aromatic N) is 2. The van der Waals surface area contributed by atoms with Crippen LogP contribution in [0.25, 0.3) is 21.8 Å². The highest BCUT2D eigenvalue weighted by Crippen LogP contribution is 2.30. The van der Waals surface area contributed by atoms with E-state index in [1.807, 2.05) is 6.07 Å². The van der Waals surface area contributed by atoms with Crippen molar-refractivity contribution in [1.82, 2.24) is 9.47 Å². The molecule has 1 heterocycles. The molecule has 3 aromatic rings. The Morgan fingerprint density at radius 2 is 1.67 bits per heavy atom. The van der Waals surface area contributed by atoms with E-state index >= 15 is 0 Å². The van der Waals surface area contributed by atoms with Gasteiger partial charge in [-0.3, -0.25) is 0 Å². The fourth-order valence-electron chi connectivity index (χ4n) is 3.09. The van der Waals surface area contributed by atoms with E-state index in [9.17, 15) is 0 Å². The molecule has 0 radical (unpaired) electrons. The Bertz CT molecular complexity index is 754. The predicted molar refractivity (Wildman–Crippen MR) is 91.6 cm³/mol. The van der Waals surface area contributed by atoms with Crippen LogP contribution in [0, 0.1) is 0 Å². The zero-order valence-corrected chi connectivity index (χ0v) is 12.8. The molecule has 1 aromatic heterocycles. The van der Waals surface area contributed by atoms with Crippen LogP contribution < -0.4 is 5.73 Å². The molecule has 0 unspecified atom stereocenters. The van der Waals surface area contributed by atoms with Crippen LogP contribution in [-0.2, 0) is 6.54 Å². The van der Waals surface area contributed by atoms with Crippen molar-refractivity contribution >= 4 is 27.5 Å². The lowest BCUT2D eigenvalue weighted by Gasteiger charge is -2.19. The van der Waals surface area contributed by atoms with Gasteiger partial charge in [0.05, 0.1) is 0 Å². The zero-order chi connectivity index (χ0) is 14.8. The van der Waals surface area contributed by atoms with Gasteiger partial charge in [0.15, 0.2) is 0 Å². The van der Waals surface area contributed by atoms with Crippen LogP contribution in [-0.4, -0.2) is 29.1 Å². The summed E-state index contributed by atoms with van der Waals surface area (Å²) in [6, 6.07) is 14.8. The average molecular weight is 281 g/mol. The Morgan fingerprint density at radius 1 is 0.952 bits per heavy atom. The Morgan fingerprint density at radius 3 is 2.43 bits per heavy atom. The summed E-state index contributed by atoms with van der Waals surface area (Å²) in [5, 5.41) is 2.55. The van der Waals surface area contributed by atoms with E-state index in [1.54, 1.807) is 0 Å². The van der Waals surface area contributed by atoms with E-state index in [-0.39, 0.29) is 0 Å². The lowest BCUT2D eigenvalue weighted by atomic mass is 10.1. The third kappa shape index (κ3) is 2.49. The van der Waals surface area contributed by atoms with Gasteiger partial charge in [0, 0.05) is 40.6 Å². The van der Waals surface area contributed by atoms with Gasteiger partial charge in [-0.25, -0.2) is 0 Å². The molecule has 3 heteroatoms. The number of hydrogen-bond donors (Lipinski definition) is 1. The highest BCUT2D eigenvalue weighted by molar-refractivity contribution is 6.08. The summed E-state index contributed by atoms with van der Waals surface area (Å²) >= 11 is 0. The van der Waals surface area contributed by atoms with Gasteiger partial charge in [0.1, 0.15) is 0 Å². The quantitative estimate of drug-likeness (QED) is 0.723. The third-order valence-electron chi connectivity index (χ3n) is 4.33. The first kappa shape index (κ1) is 14.0. The second kappa shape index (κ2) is 5.78. The summed E-state index contributed by atoms with van der Waals surface area (Å²) in [5.74, 6) is 0. The molecule has 21 heavy (non-hydrogen) atoms. The summed E-state index contributed by atoms with van der Waals surface area (Å²) in [4.78, 5) is 2.46. The van der Waals surface area contributed by atoms with E-state index in [0.29, 0.717) is 0 Å². The van der Waals surface area contributed by atoms with Crippen molar-refractivity contribution in [2.75, 3.05) is 25.4 Å². The fourth-order valence-corrected chi connectivity index (χ4v) is 3.09. The van der Waals surface area contributed by atoms with Crippen molar-refractivity contribution in [3.63, 3.8) is 0 Å². The minimum Gasteiger partial charge on any atom is -0.399 e. The number of aromatic nitrogens is 1. The van der Waals surface area contributed by atoms with Gasteiger partial charge in [-0.05, 0) is 37.4 Å². The molecule has 0 atom stereocenters. The smallest absolute Gasteiger partial charge is 0.0493 e. The molecule has 110 valence electrons. The maximum Gasteiger partial charge on any atom is 0.0493 e. The summed E-state index contributed by atoms with van der Waals surface area (Å²) in [6.45, 7) is 8.72. The van der Waals surface area contributed by atoms with Gasteiger partial charge in [-0.2, -0.15) is 0 Å². The van der Waals surface area contributed by atoms with Crippen LogP contribution in [0.1, 0.15) is 13.8 Å². The molecule has 0 aliphatic carbocycles. The molecule has 0 saturated heterocycles. The topological polar surface area (TPSA) is 34.2 Å². The number of benzene rings is 2. The standard InChI is InChI=1S/C18H23N3/c1-3-20(4-2)11-12-21-17-8-6-5-7-15(17)16-13-14(19)9-10-18(16)21/h5-10,13H,3-4,11-12,19H2,1-2H3. The lowest BCUT2D eigenvalue weighted by Crippen LogP contribution is -2.26. The van der Waals surface area contributed by atoms with Gasteiger partial charge in [-0.15, -0.1) is 0 Å². The van der Waals surface area contributed by atoms with Crippen molar-refractivity contribution in [2.24, 2.45) is 0 Å². The lowest BCUT2D eigenvalue weighted by molar-refractivity contribution is 0.293. The summed E-state index contributed by atoms with van der Waals surface area (Å²) < 4.78 is 2.42. The maximum absolute atomic E-state index is 5.97. The summed E-state index contributed by atoms with van der Waals surface area (Å²) in [5.41, 5.74) is 9.37. The number of rotatable bonds is 5. The minimum absolute atomic E-state index is 0.828. The first-order valence-corrected chi connectivity index (χ1v) is 7.73. The molecule has 0 spiro atoms. The van der Waals surface area contributed by atoms with Gasteiger partial charge in [-0.1, -0.05) is 32.0 Å². The number of fused-ring (bicyclic) bond motifs is 3. The van der Waals surface area contributed by atoms with E-state index in [4.69, 9.17) is 5.73 Å². The minimum atomic E-state index is 0.828. The third-order valence-corrected chi connectivity index (χ3v) is 4.33. The van der Waals surface area contributed by atoms with E-state index in [0.717, 1.165) is 31.9 Å². The molecule has 3 rings (SSSR count). The zero-order valence-electron chi connectivity index (χ0n) is 12.8. The molecular formula is C18H23N3. The van der Waals surface area contributed by atoms with Crippen LogP contribution in [0.2, 0.25) is 0 Å². The molecule has 3 nitrogen and oxygen atoms in total. The number of para-hydroxylation sites is 1. The molecule has 2 aromatic carbocycles.